The van der Waals surface area contributed by atoms with Crippen LogP contribution in [0.25, 0.3) is 0 Å². The summed E-state index contributed by atoms with van der Waals surface area (Å²) in [6.45, 7) is 10.8. The lowest BCUT2D eigenvalue weighted by molar-refractivity contribution is 0.109. The van der Waals surface area contributed by atoms with Crippen LogP contribution in [0.1, 0.15) is 52.3 Å². The van der Waals surface area contributed by atoms with Crippen molar-refractivity contribution in [2.45, 2.75) is 71.6 Å². The smallest absolute Gasteiger partial charge is 0.141 e. The number of aryl methyl sites for hydroxylation is 1. The monoisotopic (exact) mass is 279 g/mol. The first-order valence-electron chi connectivity index (χ1n) is 8.12. The first-order chi connectivity index (χ1) is 9.78. The van der Waals surface area contributed by atoms with Gasteiger partial charge in [0.1, 0.15) is 12.2 Å². The Morgan fingerprint density at radius 2 is 2.15 bits per heavy atom. The second kappa shape index (κ2) is 7.74. The maximum Gasteiger partial charge on any atom is 0.141 e. The maximum atomic E-state index is 4.46. The molecule has 1 aromatic rings. The number of aromatic nitrogens is 3. The molecule has 1 aliphatic rings. The average molecular weight is 279 g/mol. The third-order valence-corrected chi connectivity index (χ3v) is 4.20. The van der Waals surface area contributed by atoms with Crippen LogP contribution < -0.4 is 5.32 Å². The minimum atomic E-state index is 0.616. The second-order valence-electron chi connectivity index (χ2n) is 5.78. The van der Waals surface area contributed by atoms with Gasteiger partial charge in [-0.15, -0.1) is 0 Å². The number of hydrogen-bond acceptors (Lipinski definition) is 4. The predicted molar refractivity (Wildman–Crippen MR) is 81.5 cm³/mol. The molecule has 2 heterocycles. The molecule has 114 valence electrons. The molecule has 0 saturated carbocycles. The fourth-order valence-corrected chi connectivity index (χ4v) is 3.00. The summed E-state index contributed by atoms with van der Waals surface area (Å²) in [5.74, 6) is 1.12. The molecule has 0 radical (unpaired) electrons. The fourth-order valence-electron chi connectivity index (χ4n) is 3.00. The van der Waals surface area contributed by atoms with Gasteiger partial charge >= 0.3 is 0 Å². The Labute approximate surface area is 122 Å². The third kappa shape index (κ3) is 3.79. The average Bonchev–Trinajstić information content (AvgIpc) is 2.89. The minimum absolute atomic E-state index is 0.616. The SMILES string of the molecule is CCCC1CNC(CC)CN1Cc1ncnn1CCC. The highest BCUT2D eigenvalue weighted by Gasteiger charge is 2.27. The van der Waals surface area contributed by atoms with E-state index < -0.39 is 0 Å². The molecule has 0 aromatic carbocycles. The van der Waals surface area contributed by atoms with E-state index in [0.717, 1.165) is 38.4 Å². The molecule has 0 aliphatic carbocycles. The number of nitrogens with one attached hydrogen (secondary N) is 1. The van der Waals surface area contributed by atoms with Crippen molar-refractivity contribution >= 4 is 0 Å². The van der Waals surface area contributed by atoms with Gasteiger partial charge in [0.2, 0.25) is 0 Å². The van der Waals surface area contributed by atoms with Gasteiger partial charge < -0.3 is 5.32 Å². The van der Waals surface area contributed by atoms with Crippen molar-refractivity contribution in [3.8, 4) is 0 Å². The standard InChI is InChI=1S/C15H29N5/c1-4-7-14-9-16-13(6-3)10-19(14)11-15-17-12-18-20(15)8-5-2/h12-14,16H,4-11H2,1-3H3. The number of hydrogen-bond donors (Lipinski definition) is 1. The molecule has 20 heavy (non-hydrogen) atoms. The van der Waals surface area contributed by atoms with E-state index >= 15 is 0 Å². The summed E-state index contributed by atoms with van der Waals surface area (Å²) in [5, 5.41) is 8.01. The largest absolute Gasteiger partial charge is 0.311 e. The lowest BCUT2D eigenvalue weighted by Crippen LogP contribution is -2.55. The van der Waals surface area contributed by atoms with Crippen molar-refractivity contribution in [1.82, 2.24) is 25.0 Å². The summed E-state index contributed by atoms with van der Waals surface area (Å²) < 4.78 is 2.06. The highest BCUT2D eigenvalue weighted by atomic mass is 15.4. The van der Waals surface area contributed by atoms with Crippen LogP contribution in [0.2, 0.25) is 0 Å². The van der Waals surface area contributed by atoms with Crippen molar-refractivity contribution in [3.63, 3.8) is 0 Å². The van der Waals surface area contributed by atoms with E-state index in [4.69, 9.17) is 0 Å². The molecule has 2 rings (SSSR count). The van der Waals surface area contributed by atoms with Crippen molar-refractivity contribution < 1.29 is 0 Å². The Hall–Kier alpha value is -0.940. The number of piperazine rings is 1. The van der Waals surface area contributed by atoms with Crippen LogP contribution in [0.15, 0.2) is 6.33 Å². The molecule has 1 aromatic heterocycles. The van der Waals surface area contributed by atoms with E-state index in [0.29, 0.717) is 12.1 Å². The van der Waals surface area contributed by atoms with Crippen molar-refractivity contribution in [1.29, 1.82) is 0 Å². The lowest BCUT2D eigenvalue weighted by atomic mass is 10.0. The zero-order valence-electron chi connectivity index (χ0n) is 13.2. The summed E-state index contributed by atoms with van der Waals surface area (Å²) >= 11 is 0. The predicted octanol–water partition coefficient (Wildman–Crippen LogP) is 2.04. The number of rotatable bonds is 7. The van der Waals surface area contributed by atoms with Crippen molar-refractivity contribution in [2.24, 2.45) is 0 Å². The first kappa shape index (κ1) is 15.4. The Morgan fingerprint density at radius 3 is 2.85 bits per heavy atom. The number of nitrogens with zero attached hydrogens (tertiary/aromatic N) is 4. The van der Waals surface area contributed by atoms with Crippen LogP contribution in [0.3, 0.4) is 0 Å². The Balaban J connectivity index is 2.03. The van der Waals surface area contributed by atoms with Crippen LogP contribution in [0.4, 0.5) is 0 Å². The zero-order chi connectivity index (χ0) is 14.4. The molecule has 1 fully saturated rings. The molecule has 5 nitrogen and oxygen atoms in total. The normalized spacial score (nSPS) is 24.1. The molecule has 0 spiro atoms. The fraction of sp³-hybridized carbons (Fsp3) is 0.867. The van der Waals surface area contributed by atoms with E-state index in [2.05, 4.69) is 45.8 Å². The molecule has 1 N–H and O–H groups in total. The van der Waals surface area contributed by atoms with Gasteiger partial charge in [0, 0.05) is 31.7 Å². The topological polar surface area (TPSA) is 46.0 Å². The first-order valence-corrected chi connectivity index (χ1v) is 8.12. The summed E-state index contributed by atoms with van der Waals surface area (Å²) in [6.07, 6.45) is 6.48. The van der Waals surface area contributed by atoms with E-state index in [-0.39, 0.29) is 0 Å². The highest BCUT2D eigenvalue weighted by Crippen LogP contribution is 2.16. The van der Waals surface area contributed by atoms with Gasteiger partial charge in [-0.25, -0.2) is 9.67 Å². The van der Waals surface area contributed by atoms with Gasteiger partial charge in [0.25, 0.3) is 0 Å². The summed E-state index contributed by atoms with van der Waals surface area (Å²) in [5.41, 5.74) is 0. The van der Waals surface area contributed by atoms with Gasteiger partial charge in [-0.1, -0.05) is 27.2 Å². The lowest BCUT2D eigenvalue weighted by Gasteiger charge is -2.40. The Morgan fingerprint density at radius 1 is 1.30 bits per heavy atom. The van der Waals surface area contributed by atoms with Gasteiger partial charge in [-0.3, -0.25) is 4.90 Å². The van der Waals surface area contributed by atoms with Crippen molar-refractivity contribution in [3.05, 3.63) is 12.2 Å². The summed E-state index contributed by atoms with van der Waals surface area (Å²) in [6, 6.07) is 1.25. The minimum Gasteiger partial charge on any atom is -0.311 e. The maximum absolute atomic E-state index is 4.46. The molecular formula is C15H29N5. The van der Waals surface area contributed by atoms with E-state index in [1.807, 2.05) is 0 Å². The Bertz CT molecular complexity index is 389. The molecule has 2 unspecified atom stereocenters. The summed E-state index contributed by atoms with van der Waals surface area (Å²) in [7, 11) is 0. The molecule has 2 atom stereocenters. The van der Waals surface area contributed by atoms with Crippen LogP contribution in [-0.2, 0) is 13.1 Å². The third-order valence-electron chi connectivity index (χ3n) is 4.20. The second-order valence-corrected chi connectivity index (χ2v) is 5.78. The zero-order valence-corrected chi connectivity index (χ0v) is 13.2. The summed E-state index contributed by atoms with van der Waals surface area (Å²) in [4.78, 5) is 7.07. The van der Waals surface area contributed by atoms with Crippen LogP contribution >= 0.6 is 0 Å². The molecule has 1 saturated heterocycles. The molecule has 1 aliphatic heterocycles. The highest BCUT2D eigenvalue weighted by molar-refractivity contribution is 4.91. The van der Waals surface area contributed by atoms with E-state index in [1.54, 1.807) is 6.33 Å². The molecule has 0 amide bonds. The molecule has 5 heteroatoms. The quantitative estimate of drug-likeness (QED) is 0.829. The van der Waals surface area contributed by atoms with Crippen LogP contribution in [0.5, 0.6) is 0 Å². The van der Waals surface area contributed by atoms with Gasteiger partial charge in [-0.05, 0) is 19.3 Å². The van der Waals surface area contributed by atoms with Gasteiger partial charge in [0.15, 0.2) is 0 Å². The molecule has 0 bridgehead atoms. The van der Waals surface area contributed by atoms with Crippen LogP contribution in [-0.4, -0.2) is 44.8 Å². The molecular weight excluding hydrogens is 250 g/mol. The van der Waals surface area contributed by atoms with E-state index in [9.17, 15) is 0 Å². The van der Waals surface area contributed by atoms with E-state index in [1.165, 1.54) is 19.3 Å². The van der Waals surface area contributed by atoms with Gasteiger partial charge in [-0.2, -0.15) is 5.10 Å². The Kier molecular flexibility index (Phi) is 5.98. The van der Waals surface area contributed by atoms with Crippen LogP contribution in [0, 0.1) is 0 Å². The van der Waals surface area contributed by atoms with Gasteiger partial charge in [0.05, 0.1) is 6.54 Å². The van der Waals surface area contributed by atoms with Crippen molar-refractivity contribution in [2.75, 3.05) is 13.1 Å².